The molecule has 2 heteroatoms. The van der Waals surface area contributed by atoms with E-state index in [4.69, 9.17) is 0 Å². The molecule has 0 heterocycles. The van der Waals surface area contributed by atoms with Crippen molar-refractivity contribution in [2.75, 3.05) is 20.7 Å². The van der Waals surface area contributed by atoms with E-state index in [2.05, 4.69) is 19.1 Å². The van der Waals surface area contributed by atoms with Gasteiger partial charge in [0, 0.05) is 0 Å². The van der Waals surface area contributed by atoms with Crippen LogP contribution >= 0.6 is 0 Å². The van der Waals surface area contributed by atoms with Crippen molar-refractivity contribution < 1.29 is 5.11 Å². The fourth-order valence-corrected chi connectivity index (χ4v) is 1.44. The third-order valence-electron chi connectivity index (χ3n) is 2.22. The number of benzene rings is 1. The summed E-state index contributed by atoms with van der Waals surface area (Å²) in [5.41, 5.74) is 2.41. The maximum Gasteiger partial charge on any atom is 0.0628 e. The summed E-state index contributed by atoms with van der Waals surface area (Å²) in [5, 5.41) is 9.20. The average Bonchev–Trinajstić information content (AvgIpc) is 2.04. The monoisotopic (exact) mass is 179 g/mol. The van der Waals surface area contributed by atoms with Crippen molar-refractivity contribution >= 4 is 0 Å². The Labute approximate surface area is 79.8 Å². The normalized spacial score (nSPS) is 13.3. The van der Waals surface area contributed by atoms with Gasteiger partial charge in [-0.1, -0.05) is 29.8 Å². The first-order chi connectivity index (χ1) is 6.15. The Hall–Kier alpha value is -0.860. The molecular weight excluding hydrogens is 162 g/mol. The number of aliphatic hydroxyl groups is 1. The molecular formula is C11H17NO. The highest BCUT2D eigenvalue weighted by molar-refractivity contribution is 5.25. The van der Waals surface area contributed by atoms with E-state index in [1.54, 1.807) is 0 Å². The number of hydrogen-bond acceptors (Lipinski definition) is 2. The van der Waals surface area contributed by atoms with Crippen LogP contribution in [0, 0.1) is 6.92 Å². The molecule has 0 fully saturated rings. The zero-order valence-corrected chi connectivity index (χ0v) is 8.49. The molecule has 0 saturated carbocycles. The van der Waals surface area contributed by atoms with Crippen LogP contribution in [-0.4, -0.2) is 30.7 Å². The Balaban J connectivity index is 2.91. The molecule has 1 aromatic rings. The number of hydrogen-bond donors (Lipinski definition) is 1. The first-order valence-corrected chi connectivity index (χ1v) is 4.49. The SMILES string of the molecule is Cc1cccc(C(CO)N(C)C)c1. The lowest BCUT2D eigenvalue weighted by Crippen LogP contribution is -2.23. The van der Waals surface area contributed by atoms with Crippen molar-refractivity contribution in [3.05, 3.63) is 35.4 Å². The highest BCUT2D eigenvalue weighted by atomic mass is 16.3. The Bertz CT molecular complexity index is 271. The van der Waals surface area contributed by atoms with Crippen LogP contribution in [0.15, 0.2) is 24.3 Å². The standard InChI is InChI=1S/C11H17NO/c1-9-5-4-6-10(7-9)11(8-13)12(2)3/h4-7,11,13H,8H2,1-3H3. The van der Waals surface area contributed by atoms with Crippen molar-refractivity contribution in [1.82, 2.24) is 4.90 Å². The van der Waals surface area contributed by atoms with E-state index in [9.17, 15) is 5.11 Å². The predicted molar refractivity (Wildman–Crippen MR) is 54.7 cm³/mol. The molecule has 1 atom stereocenters. The lowest BCUT2D eigenvalue weighted by Gasteiger charge is -2.22. The van der Waals surface area contributed by atoms with E-state index < -0.39 is 0 Å². The summed E-state index contributed by atoms with van der Waals surface area (Å²) in [7, 11) is 3.95. The molecule has 0 radical (unpaired) electrons. The Morgan fingerprint density at radius 1 is 1.38 bits per heavy atom. The predicted octanol–water partition coefficient (Wildman–Crippen LogP) is 1.59. The number of nitrogens with zero attached hydrogens (tertiary/aromatic N) is 1. The molecule has 0 saturated heterocycles. The van der Waals surface area contributed by atoms with Gasteiger partial charge in [0.1, 0.15) is 0 Å². The summed E-state index contributed by atoms with van der Waals surface area (Å²) in [6.07, 6.45) is 0. The summed E-state index contributed by atoms with van der Waals surface area (Å²) in [4.78, 5) is 2.02. The molecule has 72 valence electrons. The smallest absolute Gasteiger partial charge is 0.0628 e. The van der Waals surface area contributed by atoms with Crippen LogP contribution in [-0.2, 0) is 0 Å². The molecule has 0 aliphatic carbocycles. The largest absolute Gasteiger partial charge is 0.394 e. The molecule has 1 aromatic carbocycles. The summed E-state index contributed by atoms with van der Waals surface area (Å²) in [6.45, 7) is 2.23. The average molecular weight is 179 g/mol. The minimum Gasteiger partial charge on any atom is -0.394 e. The lowest BCUT2D eigenvalue weighted by atomic mass is 10.0. The van der Waals surface area contributed by atoms with Gasteiger partial charge in [0.15, 0.2) is 0 Å². The maximum atomic E-state index is 9.20. The van der Waals surface area contributed by atoms with Crippen LogP contribution < -0.4 is 0 Å². The number of rotatable bonds is 3. The first-order valence-electron chi connectivity index (χ1n) is 4.49. The van der Waals surface area contributed by atoms with Gasteiger partial charge in [0.2, 0.25) is 0 Å². The quantitative estimate of drug-likeness (QED) is 0.761. The van der Waals surface area contributed by atoms with E-state index >= 15 is 0 Å². The van der Waals surface area contributed by atoms with Gasteiger partial charge < -0.3 is 10.0 Å². The molecule has 0 spiro atoms. The highest BCUT2D eigenvalue weighted by Gasteiger charge is 2.11. The summed E-state index contributed by atoms with van der Waals surface area (Å²) >= 11 is 0. The molecule has 13 heavy (non-hydrogen) atoms. The molecule has 2 nitrogen and oxygen atoms in total. The molecule has 1 N–H and O–H groups in total. The van der Waals surface area contributed by atoms with E-state index in [0.717, 1.165) is 0 Å². The second-order valence-corrected chi connectivity index (χ2v) is 3.58. The number of aryl methyl sites for hydroxylation is 1. The molecule has 0 aliphatic heterocycles. The van der Waals surface area contributed by atoms with Crippen LogP contribution in [0.4, 0.5) is 0 Å². The zero-order valence-electron chi connectivity index (χ0n) is 8.49. The number of likely N-dealkylation sites (N-methyl/N-ethyl adjacent to an activating group) is 1. The van der Waals surface area contributed by atoms with E-state index in [-0.39, 0.29) is 12.6 Å². The summed E-state index contributed by atoms with van der Waals surface area (Å²) in [6, 6.07) is 8.36. The number of aliphatic hydroxyl groups excluding tert-OH is 1. The van der Waals surface area contributed by atoms with Gasteiger partial charge in [-0.3, -0.25) is 0 Å². The maximum absolute atomic E-state index is 9.20. The lowest BCUT2D eigenvalue weighted by molar-refractivity contribution is 0.171. The minimum absolute atomic E-state index is 0.111. The van der Waals surface area contributed by atoms with E-state index in [0.29, 0.717) is 0 Å². The Morgan fingerprint density at radius 2 is 2.08 bits per heavy atom. The highest BCUT2D eigenvalue weighted by Crippen LogP contribution is 2.17. The first kappa shape index (κ1) is 10.2. The molecule has 1 unspecified atom stereocenters. The van der Waals surface area contributed by atoms with Gasteiger partial charge in [-0.05, 0) is 26.6 Å². The van der Waals surface area contributed by atoms with Gasteiger partial charge >= 0.3 is 0 Å². The summed E-state index contributed by atoms with van der Waals surface area (Å²) in [5.74, 6) is 0. The van der Waals surface area contributed by atoms with Crippen LogP contribution in [0.25, 0.3) is 0 Å². The van der Waals surface area contributed by atoms with Crippen molar-refractivity contribution in [3.63, 3.8) is 0 Å². The van der Waals surface area contributed by atoms with Gasteiger partial charge in [0.25, 0.3) is 0 Å². The molecule has 0 aromatic heterocycles. The third-order valence-corrected chi connectivity index (χ3v) is 2.22. The van der Waals surface area contributed by atoms with E-state index in [1.807, 2.05) is 31.1 Å². The molecule has 0 aliphatic rings. The van der Waals surface area contributed by atoms with Gasteiger partial charge in [-0.15, -0.1) is 0 Å². The minimum atomic E-state index is 0.111. The van der Waals surface area contributed by atoms with Crippen molar-refractivity contribution in [2.24, 2.45) is 0 Å². The van der Waals surface area contributed by atoms with Crippen molar-refractivity contribution in [1.29, 1.82) is 0 Å². The van der Waals surface area contributed by atoms with Gasteiger partial charge in [-0.2, -0.15) is 0 Å². The van der Waals surface area contributed by atoms with Gasteiger partial charge in [-0.25, -0.2) is 0 Å². The van der Waals surface area contributed by atoms with Crippen LogP contribution in [0.3, 0.4) is 0 Å². The third kappa shape index (κ3) is 2.54. The fraction of sp³-hybridized carbons (Fsp3) is 0.455. The summed E-state index contributed by atoms with van der Waals surface area (Å²) < 4.78 is 0. The topological polar surface area (TPSA) is 23.5 Å². The Kier molecular flexibility index (Phi) is 3.46. The van der Waals surface area contributed by atoms with Crippen molar-refractivity contribution in [3.8, 4) is 0 Å². The van der Waals surface area contributed by atoms with Crippen LogP contribution in [0.1, 0.15) is 17.2 Å². The Morgan fingerprint density at radius 3 is 2.54 bits per heavy atom. The molecule has 0 amide bonds. The van der Waals surface area contributed by atoms with E-state index in [1.165, 1.54) is 11.1 Å². The fourth-order valence-electron chi connectivity index (χ4n) is 1.44. The molecule has 0 bridgehead atoms. The zero-order chi connectivity index (χ0) is 9.84. The second kappa shape index (κ2) is 4.40. The van der Waals surface area contributed by atoms with Crippen LogP contribution in [0.2, 0.25) is 0 Å². The van der Waals surface area contributed by atoms with Crippen LogP contribution in [0.5, 0.6) is 0 Å². The second-order valence-electron chi connectivity index (χ2n) is 3.58. The molecule has 1 rings (SSSR count). The van der Waals surface area contributed by atoms with Gasteiger partial charge in [0.05, 0.1) is 12.6 Å². The van der Waals surface area contributed by atoms with Crippen molar-refractivity contribution in [2.45, 2.75) is 13.0 Å².